The zero-order valence-corrected chi connectivity index (χ0v) is 11.2. The molecule has 0 saturated heterocycles. The lowest BCUT2D eigenvalue weighted by atomic mass is 9.97. The van der Waals surface area contributed by atoms with Crippen LogP contribution in [0.1, 0.15) is 50.3 Å². The van der Waals surface area contributed by atoms with Gasteiger partial charge in [0.05, 0.1) is 0 Å². The minimum absolute atomic E-state index is 0. The highest BCUT2D eigenvalue weighted by Crippen LogP contribution is 2.20. The summed E-state index contributed by atoms with van der Waals surface area (Å²) >= 11 is 0. The number of halogens is 1. The lowest BCUT2D eigenvalue weighted by molar-refractivity contribution is 0.715. The Labute approximate surface area is 105 Å². The Bertz CT molecular complexity index is 327. The van der Waals surface area contributed by atoms with E-state index in [1.165, 1.54) is 11.1 Å². The van der Waals surface area contributed by atoms with Gasteiger partial charge in [-0.2, -0.15) is 0 Å². The summed E-state index contributed by atoms with van der Waals surface area (Å²) < 4.78 is 0. The molecule has 0 aliphatic carbocycles. The van der Waals surface area contributed by atoms with E-state index in [-0.39, 0.29) is 18.4 Å². The van der Waals surface area contributed by atoms with E-state index in [0.29, 0.717) is 5.92 Å². The topological polar surface area (TPSA) is 26.0 Å². The first-order valence-corrected chi connectivity index (χ1v) is 5.50. The molecule has 2 N–H and O–H groups in total. The van der Waals surface area contributed by atoms with Gasteiger partial charge >= 0.3 is 0 Å². The molecule has 16 heavy (non-hydrogen) atoms. The second-order valence-electron chi connectivity index (χ2n) is 4.59. The number of nitrogens with two attached hydrogens (primary N) is 1. The van der Waals surface area contributed by atoms with Crippen molar-refractivity contribution in [1.29, 1.82) is 0 Å². The second kappa shape index (κ2) is 6.72. The van der Waals surface area contributed by atoms with Crippen LogP contribution in [0.15, 0.2) is 36.4 Å². The molecule has 0 heterocycles. The Hall–Kier alpha value is -0.790. The molecule has 0 radical (unpaired) electrons. The van der Waals surface area contributed by atoms with Gasteiger partial charge in [0.2, 0.25) is 0 Å². The molecule has 1 aromatic carbocycles. The molecule has 0 fully saturated rings. The van der Waals surface area contributed by atoms with Crippen molar-refractivity contribution in [3.05, 3.63) is 47.5 Å². The summed E-state index contributed by atoms with van der Waals surface area (Å²) in [6.07, 6.45) is 0.862. The van der Waals surface area contributed by atoms with E-state index in [1.807, 2.05) is 6.92 Å². The third-order valence-corrected chi connectivity index (χ3v) is 2.60. The van der Waals surface area contributed by atoms with Crippen molar-refractivity contribution < 1.29 is 0 Å². The van der Waals surface area contributed by atoms with Gasteiger partial charge in [-0.1, -0.05) is 43.7 Å². The van der Waals surface area contributed by atoms with Crippen molar-refractivity contribution in [3.8, 4) is 0 Å². The molecule has 1 rings (SSSR count). The van der Waals surface area contributed by atoms with Crippen LogP contribution in [0.25, 0.3) is 0 Å². The van der Waals surface area contributed by atoms with Gasteiger partial charge in [0.15, 0.2) is 0 Å². The monoisotopic (exact) mass is 239 g/mol. The molecule has 0 aromatic heterocycles. The maximum absolute atomic E-state index is 6.06. The fraction of sp³-hybridized carbons (Fsp3) is 0.429. The van der Waals surface area contributed by atoms with Crippen molar-refractivity contribution in [1.82, 2.24) is 0 Å². The Kier molecular flexibility index (Phi) is 6.39. The van der Waals surface area contributed by atoms with Crippen molar-refractivity contribution >= 4 is 12.4 Å². The summed E-state index contributed by atoms with van der Waals surface area (Å²) in [5.41, 5.74) is 9.75. The van der Waals surface area contributed by atoms with Gasteiger partial charge in [-0.05, 0) is 30.4 Å². The zero-order chi connectivity index (χ0) is 11.4. The number of benzene rings is 1. The molecule has 1 aromatic rings. The second-order valence-corrected chi connectivity index (χ2v) is 4.59. The average Bonchev–Trinajstić information content (AvgIpc) is 2.17. The minimum Gasteiger partial charge on any atom is -0.324 e. The summed E-state index contributed by atoms with van der Waals surface area (Å²) in [5, 5.41) is 0. The molecule has 0 bridgehead atoms. The molecular weight excluding hydrogens is 218 g/mol. The minimum atomic E-state index is 0. The van der Waals surface area contributed by atoms with E-state index in [0.717, 1.165) is 12.0 Å². The fourth-order valence-electron chi connectivity index (χ4n) is 1.62. The van der Waals surface area contributed by atoms with Crippen molar-refractivity contribution in [3.63, 3.8) is 0 Å². The smallest absolute Gasteiger partial charge is 0.0332 e. The summed E-state index contributed by atoms with van der Waals surface area (Å²) in [6, 6.07) is 8.67. The highest BCUT2D eigenvalue weighted by atomic mass is 35.5. The van der Waals surface area contributed by atoms with E-state index in [1.54, 1.807) is 0 Å². The van der Waals surface area contributed by atoms with E-state index < -0.39 is 0 Å². The van der Waals surface area contributed by atoms with Crippen LogP contribution in [0.5, 0.6) is 0 Å². The molecule has 0 aliphatic heterocycles. The first kappa shape index (κ1) is 15.2. The Morgan fingerprint density at radius 2 is 1.62 bits per heavy atom. The number of rotatable bonds is 4. The molecular formula is C14H22ClN. The molecule has 0 spiro atoms. The van der Waals surface area contributed by atoms with E-state index in [9.17, 15) is 0 Å². The molecule has 1 atom stereocenters. The SMILES string of the molecule is C=C(C)C[C@H](N)c1ccc(C(C)C)cc1.Cl. The van der Waals surface area contributed by atoms with Crippen molar-refractivity contribution in [2.24, 2.45) is 5.73 Å². The van der Waals surface area contributed by atoms with Crippen molar-refractivity contribution in [2.45, 2.75) is 39.2 Å². The van der Waals surface area contributed by atoms with Crippen LogP contribution >= 0.6 is 12.4 Å². The van der Waals surface area contributed by atoms with E-state index in [4.69, 9.17) is 5.73 Å². The molecule has 0 amide bonds. The largest absolute Gasteiger partial charge is 0.324 e. The quantitative estimate of drug-likeness (QED) is 0.784. The average molecular weight is 240 g/mol. The van der Waals surface area contributed by atoms with Gasteiger partial charge in [-0.3, -0.25) is 0 Å². The van der Waals surface area contributed by atoms with Crippen molar-refractivity contribution in [2.75, 3.05) is 0 Å². The van der Waals surface area contributed by atoms with Gasteiger partial charge in [-0.25, -0.2) is 0 Å². The van der Waals surface area contributed by atoms with Crippen LogP contribution in [0.3, 0.4) is 0 Å². The molecule has 0 unspecified atom stereocenters. The van der Waals surface area contributed by atoms with Crippen LogP contribution in [-0.4, -0.2) is 0 Å². The van der Waals surface area contributed by atoms with Crippen LogP contribution in [-0.2, 0) is 0 Å². The molecule has 90 valence electrons. The lowest BCUT2D eigenvalue weighted by Gasteiger charge is -2.13. The van der Waals surface area contributed by atoms with Crippen LogP contribution in [0.4, 0.5) is 0 Å². The third kappa shape index (κ3) is 4.38. The summed E-state index contributed by atoms with van der Waals surface area (Å²) in [4.78, 5) is 0. The van der Waals surface area contributed by atoms with Gasteiger partial charge in [0.25, 0.3) is 0 Å². The first-order valence-electron chi connectivity index (χ1n) is 5.50. The molecule has 0 saturated carbocycles. The van der Waals surface area contributed by atoms with Crippen LogP contribution in [0, 0.1) is 0 Å². The van der Waals surface area contributed by atoms with Crippen LogP contribution < -0.4 is 5.73 Å². The van der Waals surface area contributed by atoms with Gasteiger partial charge in [0, 0.05) is 6.04 Å². The Balaban J connectivity index is 0.00000225. The predicted octanol–water partition coefficient (Wildman–Crippen LogP) is 4.20. The normalized spacial score (nSPS) is 12.1. The summed E-state index contributed by atoms with van der Waals surface area (Å²) in [5.74, 6) is 0.580. The van der Waals surface area contributed by atoms with Gasteiger partial charge in [-0.15, -0.1) is 19.0 Å². The highest BCUT2D eigenvalue weighted by molar-refractivity contribution is 5.85. The summed E-state index contributed by atoms with van der Waals surface area (Å²) in [6.45, 7) is 10.3. The predicted molar refractivity (Wildman–Crippen MR) is 74.1 cm³/mol. The standard InChI is InChI=1S/C14H21N.ClH/c1-10(2)9-14(15)13-7-5-12(6-8-13)11(3)4;/h5-8,11,14H,1,9,15H2,2-4H3;1H/t14-;/m0./s1. The number of hydrogen-bond donors (Lipinski definition) is 1. The first-order chi connectivity index (χ1) is 7.00. The molecule has 2 heteroatoms. The molecule has 0 aliphatic rings. The maximum Gasteiger partial charge on any atom is 0.0332 e. The number of hydrogen-bond acceptors (Lipinski definition) is 1. The lowest BCUT2D eigenvalue weighted by Crippen LogP contribution is -2.10. The Morgan fingerprint density at radius 1 is 1.19 bits per heavy atom. The van der Waals surface area contributed by atoms with Gasteiger partial charge in [0.1, 0.15) is 0 Å². The highest BCUT2D eigenvalue weighted by Gasteiger charge is 2.06. The third-order valence-electron chi connectivity index (χ3n) is 2.60. The van der Waals surface area contributed by atoms with E-state index in [2.05, 4.69) is 44.7 Å². The summed E-state index contributed by atoms with van der Waals surface area (Å²) in [7, 11) is 0. The Morgan fingerprint density at radius 3 is 2.00 bits per heavy atom. The van der Waals surface area contributed by atoms with Gasteiger partial charge < -0.3 is 5.73 Å². The van der Waals surface area contributed by atoms with E-state index >= 15 is 0 Å². The fourth-order valence-corrected chi connectivity index (χ4v) is 1.62. The zero-order valence-electron chi connectivity index (χ0n) is 10.4. The maximum atomic E-state index is 6.06. The molecule has 1 nitrogen and oxygen atoms in total. The van der Waals surface area contributed by atoms with Crippen LogP contribution in [0.2, 0.25) is 0 Å².